The van der Waals surface area contributed by atoms with Crippen molar-refractivity contribution in [2.75, 3.05) is 0 Å². The third-order valence-electron chi connectivity index (χ3n) is 1.83. The highest BCUT2D eigenvalue weighted by Gasteiger charge is 2.13. The molecule has 2 aromatic rings. The molecule has 6 heteroatoms. The molecule has 2 heterocycles. The summed E-state index contributed by atoms with van der Waals surface area (Å²) in [6.07, 6.45) is -0.131. The predicted molar refractivity (Wildman–Crippen MR) is 51.8 cm³/mol. The number of aliphatic hydroxyl groups is 1. The summed E-state index contributed by atoms with van der Waals surface area (Å²) in [4.78, 5) is 1.34. The second kappa shape index (κ2) is 3.85. The van der Waals surface area contributed by atoms with E-state index >= 15 is 0 Å². The van der Waals surface area contributed by atoms with Gasteiger partial charge in [0.15, 0.2) is 0 Å². The van der Waals surface area contributed by atoms with Gasteiger partial charge in [-0.1, -0.05) is 0 Å². The summed E-state index contributed by atoms with van der Waals surface area (Å²) in [5.74, 6) is 0.374. The monoisotopic (exact) mass is 210 g/mol. The third-order valence-corrected chi connectivity index (χ3v) is 2.56. The van der Waals surface area contributed by atoms with E-state index in [1.54, 1.807) is 18.4 Å². The van der Waals surface area contributed by atoms with E-state index in [0.717, 1.165) is 5.56 Å². The Morgan fingerprint density at radius 3 is 3.07 bits per heavy atom. The second-order valence-corrected chi connectivity index (χ2v) is 3.77. The number of thiophene rings is 1. The molecule has 14 heavy (non-hydrogen) atoms. The molecule has 0 spiro atoms. The van der Waals surface area contributed by atoms with Gasteiger partial charge in [-0.2, -0.15) is 16.1 Å². The molecule has 74 valence electrons. The summed E-state index contributed by atoms with van der Waals surface area (Å²) < 4.78 is 0. The van der Waals surface area contributed by atoms with Crippen LogP contribution in [0, 0.1) is 0 Å². The Morgan fingerprint density at radius 2 is 2.50 bits per heavy atom. The maximum atomic E-state index is 9.73. The lowest BCUT2D eigenvalue weighted by Crippen LogP contribution is -2.04. The van der Waals surface area contributed by atoms with E-state index in [-0.39, 0.29) is 0 Å². The van der Waals surface area contributed by atoms with Gasteiger partial charge in [-0.05, 0) is 27.6 Å². The second-order valence-electron chi connectivity index (χ2n) is 2.99. The van der Waals surface area contributed by atoms with Crippen molar-refractivity contribution in [2.24, 2.45) is 7.05 Å². The Balaban J connectivity index is 2.06. The fourth-order valence-corrected chi connectivity index (χ4v) is 1.84. The fraction of sp³-hybridized carbons (Fsp3) is 0.375. The Hall–Kier alpha value is -1.27. The maximum absolute atomic E-state index is 9.73. The lowest BCUT2D eigenvalue weighted by molar-refractivity contribution is 0.168. The maximum Gasteiger partial charge on any atom is 0.203 e. The summed E-state index contributed by atoms with van der Waals surface area (Å²) in [5.41, 5.74) is 1.09. The fourth-order valence-electron chi connectivity index (χ4n) is 1.16. The normalized spacial score (nSPS) is 13.0. The number of nitrogens with zero attached hydrogens (tertiary/aromatic N) is 4. The van der Waals surface area contributed by atoms with Crippen molar-refractivity contribution < 1.29 is 5.11 Å². The average Bonchev–Trinajstić information content (AvgIpc) is 2.75. The minimum absolute atomic E-state index is 0.374. The van der Waals surface area contributed by atoms with Crippen molar-refractivity contribution in [3.63, 3.8) is 0 Å². The topological polar surface area (TPSA) is 63.8 Å². The molecular weight excluding hydrogens is 200 g/mol. The van der Waals surface area contributed by atoms with E-state index in [0.29, 0.717) is 12.2 Å². The summed E-state index contributed by atoms with van der Waals surface area (Å²) >= 11 is 1.61. The van der Waals surface area contributed by atoms with Crippen LogP contribution in [-0.2, 0) is 13.5 Å². The van der Waals surface area contributed by atoms with Crippen LogP contribution < -0.4 is 0 Å². The van der Waals surface area contributed by atoms with Gasteiger partial charge in [0.05, 0.1) is 7.05 Å². The molecule has 1 atom stereocenters. The Labute approximate surface area is 85.0 Å². The van der Waals surface area contributed by atoms with Crippen LogP contribution in [0.3, 0.4) is 0 Å². The van der Waals surface area contributed by atoms with E-state index in [9.17, 15) is 5.11 Å². The van der Waals surface area contributed by atoms with Crippen LogP contribution in [0.5, 0.6) is 0 Å². The van der Waals surface area contributed by atoms with Crippen LogP contribution >= 0.6 is 11.3 Å². The SMILES string of the molecule is Cn1nnc(C(O)Cc2ccsc2)n1. The van der Waals surface area contributed by atoms with Gasteiger partial charge in [0.25, 0.3) is 0 Å². The molecule has 2 aromatic heterocycles. The van der Waals surface area contributed by atoms with Gasteiger partial charge in [-0.15, -0.1) is 10.2 Å². The molecule has 0 saturated carbocycles. The smallest absolute Gasteiger partial charge is 0.203 e. The first kappa shape index (κ1) is 9.29. The molecule has 0 aliphatic heterocycles. The van der Waals surface area contributed by atoms with E-state index in [4.69, 9.17) is 0 Å². The molecule has 0 aliphatic carbocycles. The molecule has 0 aliphatic rings. The molecule has 1 N–H and O–H groups in total. The van der Waals surface area contributed by atoms with Crippen LogP contribution in [-0.4, -0.2) is 25.3 Å². The first-order valence-corrected chi connectivity index (χ1v) is 5.13. The highest BCUT2D eigenvalue weighted by atomic mass is 32.1. The predicted octanol–water partition coefficient (Wildman–Crippen LogP) is 0.548. The molecule has 5 nitrogen and oxygen atoms in total. The van der Waals surface area contributed by atoms with Crippen LogP contribution in [0.15, 0.2) is 16.8 Å². The third kappa shape index (κ3) is 1.97. The molecule has 0 aromatic carbocycles. The van der Waals surface area contributed by atoms with Crippen molar-refractivity contribution in [3.05, 3.63) is 28.2 Å². The van der Waals surface area contributed by atoms with Gasteiger partial charge in [0, 0.05) is 6.42 Å². The van der Waals surface area contributed by atoms with Crippen LogP contribution in [0.1, 0.15) is 17.5 Å². The first-order valence-electron chi connectivity index (χ1n) is 4.19. The van der Waals surface area contributed by atoms with Gasteiger partial charge in [0.1, 0.15) is 6.10 Å². The van der Waals surface area contributed by atoms with Crippen molar-refractivity contribution >= 4 is 11.3 Å². The van der Waals surface area contributed by atoms with E-state index in [2.05, 4.69) is 15.4 Å². The lowest BCUT2D eigenvalue weighted by Gasteiger charge is -2.02. The molecule has 1 unspecified atom stereocenters. The Kier molecular flexibility index (Phi) is 2.55. The summed E-state index contributed by atoms with van der Waals surface area (Å²) in [5, 5.41) is 25.1. The molecule has 2 rings (SSSR count). The van der Waals surface area contributed by atoms with Crippen LogP contribution in [0.2, 0.25) is 0 Å². The van der Waals surface area contributed by atoms with E-state index in [1.165, 1.54) is 4.80 Å². The van der Waals surface area contributed by atoms with Crippen LogP contribution in [0.25, 0.3) is 0 Å². The quantitative estimate of drug-likeness (QED) is 0.803. The molecule has 0 radical (unpaired) electrons. The number of rotatable bonds is 3. The zero-order valence-electron chi connectivity index (χ0n) is 7.66. The Morgan fingerprint density at radius 1 is 1.64 bits per heavy atom. The van der Waals surface area contributed by atoms with Gasteiger partial charge >= 0.3 is 0 Å². The molecule has 0 amide bonds. The minimum Gasteiger partial charge on any atom is -0.385 e. The summed E-state index contributed by atoms with van der Waals surface area (Å²) in [6, 6.07) is 1.98. The molecule has 0 fully saturated rings. The van der Waals surface area contributed by atoms with Crippen molar-refractivity contribution in [1.82, 2.24) is 20.2 Å². The van der Waals surface area contributed by atoms with Crippen LogP contribution in [0.4, 0.5) is 0 Å². The molecular formula is C8H10N4OS. The summed E-state index contributed by atoms with van der Waals surface area (Å²) in [6.45, 7) is 0. The van der Waals surface area contributed by atoms with Gasteiger partial charge in [0.2, 0.25) is 5.82 Å². The van der Waals surface area contributed by atoms with Crippen molar-refractivity contribution in [2.45, 2.75) is 12.5 Å². The number of aliphatic hydroxyl groups excluding tert-OH is 1. The molecule has 0 saturated heterocycles. The van der Waals surface area contributed by atoms with Gasteiger partial charge in [-0.25, -0.2) is 0 Å². The van der Waals surface area contributed by atoms with E-state index < -0.39 is 6.10 Å². The highest BCUT2D eigenvalue weighted by molar-refractivity contribution is 7.07. The standard InChI is InChI=1S/C8H10N4OS/c1-12-10-8(9-11-12)7(13)4-6-2-3-14-5-6/h2-3,5,7,13H,4H2,1H3. The number of hydrogen-bond acceptors (Lipinski definition) is 5. The number of aromatic nitrogens is 4. The minimum atomic E-state index is -0.668. The first-order chi connectivity index (χ1) is 6.75. The largest absolute Gasteiger partial charge is 0.385 e. The van der Waals surface area contributed by atoms with Crippen molar-refractivity contribution in [1.29, 1.82) is 0 Å². The number of hydrogen-bond donors (Lipinski definition) is 1. The van der Waals surface area contributed by atoms with Crippen molar-refractivity contribution in [3.8, 4) is 0 Å². The summed E-state index contributed by atoms with van der Waals surface area (Å²) in [7, 11) is 1.67. The lowest BCUT2D eigenvalue weighted by atomic mass is 10.1. The zero-order chi connectivity index (χ0) is 9.97. The van der Waals surface area contributed by atoms with Gasteiger partial charge < -0.3 is 5.11 Å². The Bertz CT molecular complexity index is 397. The highest BCUT2D eigenvalue weighted by Crippen LogP contribution is 2.15. The van der Waals surface area contributed by atoms with Gasteiger partial charge in [-0.3, -0.25) is 0 Å². The molecule has 0 bridgehead atoms. The van der Waals surface area contributed by atoms with E-state index in [1.807, 2.05) is 16.8 Å². The number of aryl methyl sites for hydroxylation is 1. The average molecular weight is 210 g/mol. The number of tetrazole rings is 1. The zero-order valence-corrected chi connectivity index (χ0v) is 8.48.